The molecule has 14 heavy (non-hydrogen) atoms. The second kappa shape index (κ2) is 4.59. The SMILES string of the molecule is C=C(I)Cc1c(O)cccc1C(C)=O. The Morgan fingerprint density at radius 1 is 1.57 bits per heavy atom. The van der Waals surface area contributed by atoms with Crippen molar-refractivity contribution in [2.24, 2.45) is 0 Å². The first kappa shape index (κ1) is 11.2. The third kappa shape index (κ3) is 2.57. The number of carbonyl (C=O) groups excluding carboxylic acids is 1. The summed E-state index contributed by atoms with van der Waals surface area (Å²) in [6.45, 7) is 5.25. The molecule has 2 nitrogen and oxygen atoms in total. The molecule has 0 bridgehead atoms. The molecule has 0 aliphatic heterocycles. The van der Waals surface area contributed by atoms with Crippen LogP contribution in [0.3, 0.4) is 0 Å². The molecule has 0 unspecified atom stereocenters. The minimum atomic E-state index is -0.0337. The van der Waals surface area contributed by atoms with Gasteiger partial charge in [-0.15, -0.1) is 0 Å². The van der Waals surface area contributed by atoms with Crippen LogP contribution < -0.4 is 0 Å². The van der Waals surface area contributed by atoms with Crippen LogP contribution in [0.4, 0.5) is 0 Å². The molecule has 0 spiro atoms. The van der Waals surface area contributed by atoms with E-state index in [-0.39, 0.29) is 11.5 Å². The van der Waals surface area contributed by atoms with Crippen LogP contribution in [0, 0.1) is 0 Å². The van der Waals surface area contributed by atoms with Gasteiger partial charge in [-0.3, -0.25) is 4.79 Å². The summed E-state index contributed by atoms with van der Waals surface area (Å²) in [5.74, 6) is 0.129. The number of benzene rings is 1. The highest BCUT2D eigenvalue weighted by atomic mass is 127. The van der Waals surface area contributed by atoms with E-state index in [0.717, 1.165) is 3.58 Å². The van der Waals surface area contributed by atoms with Crippen molar-refractivity contribution in [2.75, 3.05) is 0 Å². The largest absolute Gasteiger partial charge is 0.508 e. The first-order chi connectivity index (χ1) is 6.52. The average Bonchev–Trinajstić information content (AvgIpc) is 2.07. The molecule has 74 valence electrons. The van der Waals surface area contributed by atoms with E-state index in [4.69, 9.17) is 0 Å². The standard InChI is InChI=1S/C11H11IO2/c1-7(12)6-10-9(8(2)13)4-3-5-11(10)14/h3-5,14H,1,6H2,2H3. The summed E-state index contributed by atoms with van der Waals surface area (Å²) in [5.41, 5.74) is 1.24. The molecular weight excluding hydrogens is 291 g/mol. The van der Waals surface area contributed by atoms with E-state index >= 15 is 0 Å². The van der Waals surface area contributed by atoms with Crippen LogP contribution in [0.2, 0.25) is 0 Å². The van der Waals surface area contributed by atoms with Crippen molar-refractivity contribution in [1.29, 1.82) is 0 Å². The van der Waals surface area contributed by atoms with Crippen LogP contribution in [-0.4, -0.2) is 10.9 Å². The Kier molecular flexibility index (Phi) is 3.69. The molecule has 0 saturated heterocycles. The normalized spacial score (nSPS) is 9.86. The third-order valence-corrected chi connectivity index (χ3v) is 2.28. The second-order valence-electron chi connectivity index (χ2n) is 3.05. The van der Waals surface area contributed by atoms with E-state index in [0.29, 0.717) is 17.5 Å². The van der Waals surface area contributed by atoms with Gasteiger partial charge in [-0.2, -0.15) is 0 Å². The Morgan fingerprint density at radius 2 is 2.21 bits per heavy atom. The van der Waals surface area contributed by atoms with Crippen molar-refractivity contribution in [3.8, 4) is 5.75 Å². The highest BCUT2D eigenvalue weighted by Crippen LogP contribution is 2.25. The molecule has 0 fully saturated rings. The number of carbonyl (C=O) groups is 1. The van der Waals surface area contributed by atoms with Gasteiger partial charge in [0.15, 0.2) is 5.78 Å². The number of rotatable bonds is 3. The van der Waals surface area contributed by atoms with Crippen molar-refractivity contribution >= 4 is 28.4 Å². The van der Waals surface area contributed by atoms with Crippen LogP contribution >= 0.6 is 22.6 Å². The summed E-state index contributed by atoms with van der Waals surface area (Å²) < 4.78 is 0.895. The lowest BCUT2D eigenvalue weighted by Gasteiger charge is -2.07. The highest BCUT2D eigenvalue weighted by molar-refractivity contribution is 14.1. The topological polar surface area (TPSA) is 37.3 Å². The van der Waals surface area contributed by atoms with Crippen LogP contribution in [0.25, 0.3) is 0 Å². The minimum Gasteiger partial charge on any atom is -0.508 e. The molecule has 0 atom stereocenters. The third-order valence-electron chi connectivity index (χ3n) is 1.90. The van der Waals surface area contributed by atoms with Gasteiger partial charge in [-0.1, -0.05) is 18.7 Å². The molecule has 0 saturated carbocycles. The molecule has 0 amide bonds. The number of aromatic hydroxyl groups is 1. The van der Waals surface area contributed by atoms with E-state index < -0.39 is 0 Å². The lowest BCUT2D eigenvalue weighted by Crippen LogP contribution is -1.99. The van der Waals surface area contributed by atoms with E-state index in [1.165, 1.54) is 6.92 Å². The molecule has 0 aliphatic carbocycles. The molecular formula is C11H11IO2. The fourth-order valence-electron chi connectivity index (χ4n) is 1.28. The van der Waals surface area contributed by atoms with Gasteiger partial charge in [0, 0.05) is 17.5 Å². The number of ketones is 1. The summed E-state index contributed by atoms with van der Waals surface area (Å²) >= 11 is 2.09. The predicted octanol–water partition coefficient (Wildman–Crippen LogP) is 3.09. The Bertz CT molecular complexity index is 383. The quantitative estimate of drug-likeness (QED) is 0.688. The van der Waals surface area contributed by atoms with Gasteiger partial charge in [0.25, 0.3) is 0 Å². The summed E-state index contributed by atoms with van der Waals surface area (Å²) in [7, 11) is 0. The first-order valence-corrected chi connectivity index (χ1v) is 5.25. The minimum absolute atomic E-state index is 0.0337. The number of hydrogen-bond donors (Lipinski definition) is 1. The van der Waals surface area contributed by atoms with Crippen LogP contribution in [-0.2, 0) is 6.42 Å². The number of Topliss-reactive ketones (excluding diaryl/α,β-unsaturated/α-hetero) is 1. The molecule has 1 aromatic rings. The lowest BCUT2D eigenvalue weighted by molar-refractivity contribution is 0.101. The Morgan fingerprint density at radius 3 is 2.71 bits per heavy atom. The van der Waals surface area contributed by atoms with Crippen LogP contribution in [0.5, 0.6) is 5.75 Å². The maximum absolute atomic E-state index is 11.3. The van der Waals surface area contributed by atoms with Gasteiger partial charge in [-0.05, 0) is 39.2 Å². The Hall–Kier alpha value is -0.840. The number of allylic oxidation sites excluding steroid dienone is 1. The second-order valence-corrected chi connectivity index (χ2v) is 4.58. The molecule has 0 aromatic heterocycles. The maximum Gasteiger partial charge on any atom is 0.160 e. The molecule has 1 N–H and O–H groups in total. The zero-order valence-corrected chi connectivity index (χ0v) is 10.0. The lowest BCUT2D eigenvalue weighted by atomic mass is 10.0. The van der Waals surface area contributed by atoms with Crippen LogP contribution in [0.15, 0.2) is 28.4 Å². The predicted molar refractivity (Wildman–Crippen MR) is 65.0 cm³/mol. The van der Waals surface area contributed by atoms with Gasteiger partial charge < -0.3 is 5.11 Å². The fourth-order valence-corrected chi connectivity index (χ4v) is 1.66. The molecule has 3 heteroatoms. The summed E-state index contributed by atoms with van der Waals surface area (Å²) in [4.78, 5) is 11.3. The summed E-state index contributed by atoms with van der Waals surface area (Å²) in [5, 5.41) is 9.59. The number of phenolic OH excluding ortho intramolecular Hbond substituents is 1. The van der Waals surface area contributed by atoms with Crippen molar-refractivity contribution in [1.82, 2.24) is 0 Å². The van der Waals surface area contributed by atoms with Crippen molar-refractivity contribution < 1.29 is 9.90 Å². The summed E-state index contributed by atoms with van der Waals surface area (Å²) in [6, 6.07) is 4.98. The van der Waals surface area contributed by atoms with E-state index in [2.05, 4.69) is 29.2 Å². The van der Waals surface area contributed by atoms with E-state index in [1.54, 1.807) is 18.2 Å². The van der Waals surface area contributed by atoms with E-state index in [9.17, 15) is 9.90 Å². The fraction of sp³-hybridized carbons (Fsp3) is 0.182. The zero-order chi connectivity index (χ0) is 10.7. The van der Waals surface area contributed by atoms with Gasteiger partial charge >= 0.3 is 0 Å². The van der Waals surface area contributed by atoms with Crippen molar-refractivity contribution in [3.05, 3.63) is 39.5 Å². The van der Waals surface area contributed by atoms with Gasteiger partial charge in [0.05, 0.1) is 0 Å². The Labute approximate surface area is 96.8 Å². The van der Waals surface area contributed by atoms with Crippen LogP contribution in [0.1, 0.15) is 22.8 Å². The molecule has 1 aromatic carbocycles. The van der Waals surface area contributed by atoms with Gasteiger partial charge in [-0.25, -0.2) is 0 Å². The maximum atomic E-state index is 11.3. The summed E-state index contributed by atoms with van der Waals surface area (Å²) in [6.07, 6.45) is 0.530. The zero-order valence-electron chi connectivity index (χ0n) is 7.88. The monoisotopic (exact) mass is 302 g/mol. The number of hydrogen-bond acceptors (Lipinski definition) is 2. The van der Waals surface area contributed by atoms with Gasteiger partial charge in [0.1, 0.15) is 5.75 Å². The van der Waals surface area contributed by atoms with Crippen molar-refractivity contribution in [3.63, 3.8) is 0 Å². The molecule has 0 heterocycles. The van der Waals surface area contributed by atoms with E-state index in [1.807, 2.05) is 0 Å². The highest BCUT2D eigenvalue weighted by Gasteiger charge is 2.11. The number of phenols is 1. The molecule has 1 rings (SSSR count). The Balaban J connectivity index is 3.22. The molecule has 0 aliphatic rings. The molecule has 0 radical (unpaired) electrons. The van der Waals surface area contributed by atoms with Gasteiger partial charge in [0.2, 0.25) is 0 Å². The smallest absolute Gasteiger partial charge is 0.160 e. The average molecular weight is 302 g/mol. The number of halogens is 1. The first-order valence-electron chi connectivity index (χ1n) is 4.17. The van der Waals surface area contributed by atoms with Crippen molar-refractivity contribution in [2.45, 2.75) is 13.3 Å².